The summed E-state index contributed by atoms with van der Waals surface area (Å²) in [4.78, 5) is 9.51. The first-order valence-corrected chi connectivity index (χ1v) is 12.1. The summed E-state index contributed by atoms with van der Waals surface area (Å²) >= 11 is 1.63. The summed E-state index contributed by atoms with van der Waals surface area (Å²) in [6, 6.07) is 6.28. The maximum Gasteiger partial charge on any atom is 0.101 e. The Balaban J connectivity index is 1.26. The van der Waals surface area contributed by atoms with Crippen molar-refractivity contribution in [2.75, 3.05) is 50.7 Å². The molecule has 1 N–H and O–H groups in total. The van der Waals surface area contributed by atoms with Crippen LogP contribution in [0.5, 0.6) is 0 Å². The van der Waals surface area contributed by atoms with Crippen LogP contribution in [-0.2, 0) is 4.74 Å². The van der Waals surface area contributed by atoms with Crippen LogP contribution >= 0.6 is 11.3 Å². The van der Waals surface area contributed by atoms with Gasteiger partial charge in [0.25, 0.3) is 0 Å². The maximum atomic E-state index is 9.39. The Labute approximate surface area is 182 Å². The van der Waals surface area contributed by atoms with Crippen molar-refractivity contribution < 1.29 is 4.74 Å². The molecule has 2 aromatic rings. The van der Waals surface area contributed by atoms with Gasteiger partial charge in [0.15, 0.2) is 0 Å². The SMILES string of the molecule is C[C@@H]1CN(c2ccc(C#N)c3ncsc23)C[C@H](CN2CCC3(CCNCC3)CC2)O1. The van der Waals surface area contributed by atoms with Gasteiger partial charge < -0.3 is 19.9 Å². The Bertz CT molecular complexity index is 921. The Morgan fingerprint density at radius 1 is 1.23 bits per heavy atom. The third kappa shape index (κ3) is 3.94. The molecule has 1 spiro atoms. The molecular weight excluding hydrogens is 394 g/mol. The van der Waals surface area contributed by atoms with E-state index in [9.17, 15) is 5.26 Å². The molecule has 0 aliphatic carbocycles. The lowest BCUT2D eigenvalue weighted by atomic mass is 9.71. The van der Waals surface area contributed by atoms with Gasteiger partial charge >= 0.3 is 0 Å². The highest BCUT2D eigenvalue weighted by Gasteiger charge is 2.37. The van der Waals surface area contributed by atoms with Gasteiger partial charge in [-0.1, -0.05) is 0 Å². The summed E-state index contributed by atoms with van der Waals surface area (Å²) in [5, 5.41) is 12.9. The van der Waals surface area contributed by atoms with E-state index in [0.717, 1.165) is 29.9 Å². The number of benzene rings is 1. The van der Waals surface area contributed by atoms with E-state index in [1.165, 1.54) is 57.5 Å². The maximum absolute atomic E-state index is 9.39. The molecule has 7 heteroatoms. The van der Waals surface area contributed by atoms with Crippen molar-refractivity contribution in [1.82, 2.24) is 15.2 Å². The number of ether oxygens (including phenoxy) is 1. The van der Waals surface area contributed by atoms with Crippen LogP contribution in [0.25, 0.3) is 10.2 Å². The zero-order chi connectivity index (χ0) is 20.6. The van der Waals surface area contributed by atoms with Crippen molar-refractivity contribution in [3.05, 3.63) is 23.2 Å². The van der Waals surface area contributed by atoms with E-state index >= 15 is 0 Å². The van der Waals surface area contributed by atoms with E-state index in [1.54, 1.807) is 11.3 Å². The third-order valence-electron chi connectivity index (χ3n) is 7.29. The van der Waals surface area contributed by atoms with Gasteiger partial charge in [-0.3, -0.25) is 0 Å². The molecule has 3 aliphatic rings. The predicted molar refractivity (Wildman–Crippen MR) is 121 cm³/mol. The Morgan fingerprint density at radius 2 is 2.03 bits per heavy atom. The van der Waals surface area contributed by atoms with Crippen LogP contribution < -0.4 is 10.2 Å². The molecule has 2 atom stereocenters. The number of morpholine rings is 1. The number of nitriles is 1. The minimum Gasteiger partial charge on any atom is -0.370 e. The Kier molecular flexibility index (Phi) is 5.67. The number of nitrogens with zero attached hydrogens (tertiary/aromatic N) is 4. The third-order valence-corrected chi connectivity index (χ3v) is 8.14. The van der Waals surface area contributed by atoms with E-state index < -0.39 is 0 Å². The summed E-state index contributed by atoms with van der Waals surface area (Å²) in [7, 11) is 0. The second-order valence-electron chi connectivity index (χ2n) is 9.30. The Morgan fingerprint density at radius 3 is 2.80 bits per heavy atom. The summed E-state index contributed by atoms with van der Waals surface area (Å²) < 4.78 is 7.48. The molecule has 4 heterocycles. The van der Waals surface area contributed by atoms with Crippen molar-refractivity contribution in [3.63, 3.8) is 0 Å². The van der Waals surface area contributed by atoms with E-state index in [4.69, 9.17) is 4.74 Å². The molecule has 3 fully saturated rings. The lowest BCUT2D eigenvalue weighted by Crippen LogP contribution is -2.53. The number of likely N-dealkylation sites (tertiary alicyclic amines) is 1. The number of anilines is 1. The Hall–Kier alpha value is -1.72. The lowest BCUT2D eigenvalue weighted by molar-refractivity contribution is -0.0421. The van der Waals surface area contributed by atoms with E-state index in [-0.39, 0.29) is 12.2 Å². The van der Waals surface area contributed by atoms with Crippen molar-refractivity contribution >= 4 is 27.2 Å². The second kappa shape index (κ2) is 8.43. The monoisotopic (exact) mass is 425 g/mol. The van der Waals surface area contributed by atoms with Crippen LogP contribution in [0.2, 0.25) is 0 Å². The highest BCUT2D eigenvalue weighted by atomic mass is 32.1. The lowest BCUT2D eigenvalue weighted by Gasteiger charge is -2.46. The molecule has 0 radical (unpaired) electrons. The average molecular weight is 426 g/mol. The number of thiazole rings is 1. The number of piperidine rings is 2. The fourth-order valence-corrected chi connectivity index (χ4v) is 6.43. The summed E-state index contributed by atoms with van der Waals surface area (Å²) in [6.45, 7) is 9.74. The number of aromatic nitrogens is 1. The number of nitrogens with one attached hydrogen (secondary N) is 1. The fourth-order valence-electron chi connectivity index (χ4n) is 5.57. The van der Waals surface area contributed by atoms with Crippen molar-refractivity contribution in [2.24, 2.45) is 5.41 Å². The second-order valence-corrected chi connectivity index (χ2v) is 10.2. The molecule has 0 saturated carbocycles. The highest BCUT2D eigenvalue weighted by molar-refractivity contribution is 7.17. The van der Waals surface area contributed by atoms with Crippen molar-refractivity contribution in [1.29, 1.82) is 5.26 Å². The first kappa shape index (κ1) is 20.2. The van der Waals surface area contributed by atoms with E-state index in [2.05, 4.69) is 39.2 Å². The highest BCUT2D eigenvalue weighted by Crippen LogP contribution is 2.40. The minimum absolute atomic E-state index is 0.197. The number of hydrogen-bond acceptors (Lipinski definition) is 7. The van der Waals surface area contributed by atoms with Gasteiger partial charge in [-0.05, 0) is 76.3 Å². The van der Waals surface area contributed by atoms with Gasteiger partial charge in [0.1, 0.15) is 11.6 Å². The molecule has 1 aromatic carbocycles. The molecule has 0 unspecified atom stereocenters. The number of hydrogen-bond donors (Lipinski definition) is 1. The first-order valence-electron chi connectivity index (χ1n) is 11.3. The zero-order valence-electron chi connectivity index (χ0n) is 17.8. The molecule has 1 aromatic heterocycles. The minimum atomic E-state index is 0.197. The van der Waals surface area contributed by atoms with Crippen molar-refractivity contribution in [2.45, 2.75) is 44.8 Å². The standard InChI is InChI=1S/C23H31N5OS/c1-17-13-28(20-3-2-18(12-24)21-22(20)30-16-26-21)15-19(29-17)14-27-10-6-23(7-11-27)4-8-25-9-5-23/h2-3,16-17,19,25H,4-11,13-15H2,1H3/t17-,19+/m1/s1. The summed E-state index contributed by atoms with van der Waals surface area (Å²) in [5.74, 6) is 0. The normalized spacial score (nSPS) is 27.4. The average Bonchev–Trinajstić information content (AvgIpc) is 3.25. The number of fused-ring (bicyclic) bond motifs is 1. The molecule has 5 rings (SSSR count). The largest absolute Gasteiger partial charge is 0.370 e. The quantitative estimate of drug-likeness (QED) is 0.815. The van der Waals surface area contributed by atoms with Crippen LogP contribution in [0.3, 0.4) is 0 Å². The van der Waals surface area contributed by atoms with Gasteiger partial charge in [-0.2, -0.15) is 5.26 Å². The molecule has 0 amide bonds. The van der Waals surface area contributed by atoms with Crippen LogP contribution in [-0.4, -0.2) is 67.9 Å². The topological polar surface area (TPSA) is 64.4 Å². The molecule has 160 valence electrons. The van der Waals surface area contributed by atoms with E-state index in [1.807, 2.05) is 11.6 Å². The van der Waals surface area contributed by atoms with Gasteiger partial charge in [0.05, 0.1) is 33.7 Å². The van der Waals surface area contributed by atoms with Crippen LogP contribution in [0.1, 0.15) is 38.2 Å². The molecule has 3 aliphatic heterocycles. The smallest absolute Gasteiger partial charge is 0.101 e. The van der Waals surface area contributed by atoms with Crippen molar-refractivity contribution in [3.8, 4) is 6.07 Å². The molecule has 3 saturated heterocycles. The summed E-state index contributed by atoms with van der Waals surface area (Å²) in [6.07, 6.45) is 5.76. The van der Waals surface area contributed by atoms with Crippen LogP contribution in [0.4, 0.5) is 5.69 Å². The van der Waals surface area contributed by atoms with Crippen LogP contribution in [0.15, 0.2) is 17.6 Å². The van der Waals surface area contributed by atoms with Gasteiger partial charge in [0, 0.05) is 19.6 Å². The van der Waals surface area contributed by atoms with Gasteiger partial charge in [-0.15, -0.1) is 11.3 Å². The predicted octanol–water partition coefficient (Wildman–Crippen LogP) is 3.23. The first-order chi connectivity index (χ1) is 14.7. The van der Waals surface area contributed by atoms with Crippen LogP contribution in [0, 0.1) is 16.7 Å². The molecule has 6 nitrogen and oxygen atoms in total. The molecule has 30 heavy (non-hydrogen) atoms. The zero-order valence-corrected chi connectivity index (χ0v) is 18.6. The fraction of sp³-hybridized carbons (Fsp3) is 0.652. The summed E-state index contributed by atoms with van der Waals surface area (Å²) in [5.41, 5.74) is 5.13. The van der Waals surface area contributed by atoms with Gasteiger partial charge in [-0.25, -0.2) is 4.98 Å². The number of rotatable bonds is 3. The molecule has 0 bridgehead atoms. The molecular formula is C23H31N5OS. The van der Waals surface area contributed by atoms with Gasteiger partial charge in [0.2, 0.25) is 0 Å². The van der Waals surface area contributed by atoms with E-state index in [0.29, 0.717) is 11.0 Å².